The van der Waals surface area contributed by atoms with E-state index < -0.39 is 23.4 Å². The third-order valence-electron chi connectivity index (χ3n) is 2.88. The summed E-state index contributed by atoms with van der Waals surface area (Å²) in [5, 5.41) is 4.62. The molecule has 7 nitrogen and oxygen atoms in total. The first-order valence-corrected chi connectivity index (χ1v) is 6.60. The van der Waals surface area contributed by atoms with E-state index in [9.17, 15) is 18.4 Å². The highest BCUT2D eigenvalue weighted by molar-refractivity contribution is 6.04. The van der Waals surface area contributed by atoms with E-state index in [1.165, 1.54) is 24.5 Å². The van der Waals surface area contributed by atoms with E-state index in [1.54, 1.807) is 0 Å². The van der Waals surface area contributed by atoms with Gasteiger partial charge in [-0.2, -0.15) is 4.98 Å². The van der Waals surface area contributed by atoms with Crippen molar-refractivity contribution < 1.29 is 27.2 Å². The molecule has 0 aliphatic heterocycles. The van der Waals surface area contributed by atoms with Gasteiger partial charge in [-0.25, -0.2) is 8.78 Å². The quantitative estimate of drug-likeness (QED) is 0.765. The number of aromatic nitrogens is 1. The Bertz CT molecular complexity index is 890. The summed E-state index contributed by atoms with van der Waals surface area (Å²) in [7, 11) is 0. The predicted molar refractivity (Wildman–Crippen MR) is 77.5 cm³/mol. The summed E-state index contributed by atoms with van der Waals surface area (Å²) in [5.74, 6) is -3.41. The van der Waals surface area contributed by atoms with Crippen LogP contribution in [0.4, 0.5) is 20.5 Å². The zero-order valence-corrected chi connectivity index (χ0v) is 11.9. The molecule has 0 radical (unpaired) electrons. The molecule has 0 spiro atoms. The number of anilines is 2. The van der Waals surface area contributed by atoms with Crippen molar-refractivity contribution >= 4 is 23.5 Å². The van der Waals surface area contributed by atoms with Gasteiger partial charge in [-0.15, -0.1) is 0 Å². The number of nitrogens with zero attached hydrogens (tertiary/aromatic N) is 1. The molecule has 1 aromatic carbocycles. The van der Waals surface area contributed by atoms with E-state index in [0.717, 1.165) is 18.4 Å². The van der Waals surface area contributed by atoms with Crippen LogP contribution >= 0.6 is 0 Å². The van der Waals surface area contributed by atoms with Crippen molar-refractivity contribution in [1.82, 2.24) is 4.98 Å². The lowest BCUT2D eigenvalue weighted by Gasteiger charge is -2.03. The van der Waals surface area contributed by atoms with Gasteiger partial charge in [-0.3, -0.25) is 14.9 Å². The summed E-state index contributed by atoms with van der Waals surface area (Å²) >= 11 is 0. The Morgan fingerprint density at radius 2 is 1.83 bits per heavy atom. The number of oxazole rings is 1. The second kappa shape index (κ2) is 6.32. The van der Waals surface area contributed by atoms with Crippen LogP contribution in [0, 0.1) is 11.6 Å². The second-order valence-corrected chi connectivity index (χ2v) is 4.55. The third kappa shape index (κ3) is 3.29. The Morgan fingerprint density at radius 3 is 2.54 bits per heavy atom. The summed E-state index contributed by atoms with van der Waals surface area (Å²) in [6, 6.07) is 5.65. The molecule has 0 saturated carbocycles. The summed E-state index contributed by atoms with van der Waals surface area (Å²) in [6.45, 7) is 0. The highest BCUT2D eigenvalue weighted by atomic mass is 19.2. The number of hydrogen-bond donors (Lipinski definition) is 2. The number of rotatable bonds is 4. The summed E-state index contributed by atoms with van der Waals surface area (Å²) < 4.78 is 35.8. The van der Waals surface area contributed by atoms with E-state index >= 15 is 0 Å². The minimum atomic E-state index is -1.10. The van der Waals surface area contributed by atoms with Crippen LogP contribution in [-0.2, 0) is 0 Å². The molecule has 2 aromatic heterocycles. The van der Waals surface area contributed by atoms with Crippen molar-refractivity contribution in [1.29, 1.82) is 0 Å². The zero-order chi connectivity index (χ0) is 17.1. The first-order valence-electron chi connectivity index (χ1n) is 6.60. The van der Waals surface area contributed by atoms with Crippen molar-refractivity contribution in [2.45, 2.75) is 0 Å². The molecule has 24 heavy (non-hydrogen) atoms. The largest absolute Gasteiger partial charge is 0.459 e. The molecule has 9 heteroatoms. The fourth-order valence-electron chi connectivity index (χ4n) is 1.77. The third-order valence-corrected chi connectivity index (χ3v) is 2.88. The average Bonchev–Trinajstić information content (AvgIpc) is 3.22. The zero-order valence-electron chi connectivity index (χ0n) is 11.9. The lowest BCUT2D eigenvalue weighted by Crippen LogP contribution is -2.14. The van der Waals surface area contributed by atoms with E-state index in [2.05, 4.69) is 15.6 Å². The predicted octanol–water partition coefficient (Wildman–Crippen LogP) is 3.05. The highest BCUT2D eigenvalue weighted by Gasteiger charge is 2.16. The number of furan rings is 1. The van der Waals surface area contributed by atoms with Gasteiger partial charge in [0.1, 0.15) is 6.26 Å². The number of nitrogens with one attached hydrogen (secondary N) is 2. The Labute approximate surface area is 133 Å². The van der Waals surface area contributed by atoms with Gasteiger partial charge < -0.3 is 14.2 Å². The number of carbonyl (C=O) groups is 2. The normalized spacial score (nSPS) is 10.4. The van der Waals surface area contributed by atoms with Gasteiger partial charge in [-0.05, 0) is 24.3 Å². The molecular weight excluding hydrogens is 324 g/mol. The minimum absolute atomic E-state index is 0.0426. The Hall–Kier alpha value is -3.49. The smallest absolute Gasteiger partial charge is 0.302 e. The van der Waals surface area contributed by atoms with E-state index in [-0.39, 0.29) is 23.2 Å². The van der Waals surface area contributed by atoms with Crippen LogP contribution in [0.3, 0.4) is 0 Å². The maximum absolute atomic E-state index is 13.1. The molecule has 2 amide bonds. The van der Waals surface area contributed by atoms with E-state index in [0.29, 0.717) is 0 Å². The second-order valence-electron chi connectivity index (χ2n) is 4.55. The summed E-state index contributed by atoms with van der Waals surface area (Å²) in [5.41, 5.74) is -0.113. The lowest BCUT2D eigenvalue weighted by molar-refractivity contribution is 0.0990. The Morgan fingerprint density at radius 1 is 1.00 bits per heavy atom. The fourth-order valence-corrected chi connectivity index (χ4v) is 1.77. The van der Waals surface area contributed by atoms with Crippen molar-refractivity contribution in [2.75, 3.05) is 10.6 Å². The van der Waals surface area contributed by atoms with Crippen LogP contribution in [-0.4, -0.2) is 16.8 Å². The van der Waals surface area contributed by atoms with Gasteiger partial charge in [0, 0.05) is 11.8 Å². The molecule has 0 aliphatic carbocycles. The Kier molecular flexibility index (Phi) is 4.06. The van der Waals surface area contributed by atoms with Crippen LogP contribution in [0.2, 0.25) is 0 Å². The molecule has 0 fully saturated rings. The van der Waals surface area contributed by atoms with Crippen molar-refractivity contribution in [3.8, 4) is 0 Å². The molecule has 122 valence electrons. The van der Waals surface area contributed by atoms with Gasteiger partial charge in [0.15, 0.2) is 23.1 Å². The van der Waals surface area contributed by atoms with Crippen LogP contribution < -0.4 is 10.6 Å². The van der Waals surface area contributed by atoms with E-state index in [1.807, 2.05) is 0 Å². The molecule has 2 heterocycles. The van der Waals surface area contributed by atoms with Gasteiger partial charge in [0.25, 0.3) is 11.8 Å². The van der Waals surface area contributed by atoms with Gasteiger partial charge in [-0.1, -0.05) is 0 Å². The standard InChI is InChI=1S/C15H9F2N3O4/c16-9-4-3-8(6-10(9)17)18-13(21)11-7-24-15(19-11)20-14(22)12-2-1-5-23-12/h1-7H,(H,18,21)(H,19,20,22). The van der Waals surface area contributed by atoms with Crippen LogP contribution in [0.15, 0.2) is 51.7 Å². The molecule has 0 bridgehead atoms. The first kappa shape index (κ1) is 15.4. The number of benzene rings is 1. The first-order chi connectivity index (χ1) is 11.5. The monoisotopic (exact) mass is 333 g/mol. The number of carbonyl (C=O) groups excluding carboxylic acids is 2. The Balaban J connectivity index is 1.67. The molecule has 0 unspecified atom stereocenters. The number of halogens is 2. The maximum atomic E-state index is 13.1. The molecule has 3 aromatic rings. The van der Waals surface area contributed by atoms with Crippen LogP contribution in [0.1, 0.15) is 21.0 Å². The van der Waals surface area contributed by atoms with Crippen LogP contribution in [0.5, 0.6) is 0 Å². The SMILES string of the molecule is O=C(Nc1ccc(F)c(F)c1)c1coc(NC(=O)c2ccco2)n1. The van der Waals surface area contributed by atoms with Crippen LogP contribution in [0.25, 0.3) is 0 Å². The van der Waals surface area contributed by atoms with E-state index in [4.69, 9.17) is 8.83 Å². The molecular formula is C15H9F2N3O4. The molecule has 3 rings (SSSR count). The highest BCUT2D eigenvalue weighted by Crippen LogP contribution is 2.15. The molecule has 2 N–H and O–H groups in total. The number of hydrogen-bond acceptors (Lipinski definition) is 5. The molecule has 0 atom stereocenters. The minimum Gasteiger partial charge on any atom is -0.459 e. The average molecular weight is 333 g/mol. The molecule has 0 aliphatic rings. The van der Waals surface area contributed by atoms with Gasteiger partial charge in [0.05, 0.1) is 6.26 Å². The maximum Gasteiger partial charge on any atom is 0.302 e. The van der Waals surface area contributed by atoms with Gasteiger partial charge in [0.2, 0.25) is 0 Å². The van der Waals surface area contributed by atoms with Gasteiger partial charge >= 0.3 is 6.01 Å². The van der Waals surface area contributed by atoms with Crippen molar-refractivity contribution in [2.24, 2.45) is 0 Å². The molecule has 0 saturated heterocycles. The summed E-state index contributed by atoms with van der Waals surface area (Å²) in [4.78, 5) is 27.5. The van der Waals surface area contributed by atoms with Crippen molar-refractivity contribution in [3.63, 3.8) is 0 Å². The summed E-state index contributed by atoms with van der Waals surface area (Å²) in [6.07, 6.45) is 2.33. The lowest BCUT2D eigenvalue weighted by atomic mass is 10.3. The topological polar surface area (TPSA) is 97.4 Å². The number of amides is 2. The van der Waals surface area contributed by atoms with Crippen molar-refractivity contribution in [3.05, 3.63) is 65.9 Å². The fraction of sp³-hybridized carbons (Fsp3) is 0.